The van der Waals surface area contributed by atoms with Gasteiger partial charge in [-0.05, 0) is 70.5 Å². The molecule has 2 fully saturated rings. The zero-order valence-corrected chi connectivity index (χ0v) is 33.8. The van der Waals surface area contributed by atoms with Crippen LogP contribution in [0.3, 0.4) is 0 Å². The van der Waals surface area contributed by atoms with Crippen molar-refractivity contribution >= 4 is 37.2 Å². The highest BCUT2D eigenvalue weighted by molar-refractivity contribution is 6.76. The average Bonchev–Trinajstić information content (AvgIpc) is 3.79. The minimum atomic E-state index is -1.27. The van der Waals surface area contributed by atoms with Gasteiger partial charge in [0, 0.05) is 75.7 Å². The van der Waals surface area contributed by atoms with Crippen molar-refractivity contribution in [1.29, 1.82) is 0 Å². The Balaban J connectivity index is 1.20. The number of aromatic nitrogens is 4. The molecule has 0 bridgehead atoms. The van der Waals surface area contributed by atoms with Gasteiger partial charge >= 0.3 is 6.09 Å². The van der Waals surface area contributed by atoms with Crippen molar-refractivity contribution in [3.05, 3.63) is 71.2 Å². The van der Waals surface area contributed by atoms with E-state index < -0.39 is 31.1 Å². The molecule has 0 aliphatic carbocycles. The maximum atomic E-state index is 15.9. The standard InChI is InChI=1S/C40H54F2N6O5Si/c1-39(2,3)53-38(49)46-17-15-45(16-18-46)24-30-10-12-32(37(42)36(30)41)29-11-14-35-33(21-29)34(44-48(35)27-50-19-20-54(6,7)8)13-9-28-22-43-47(23-28)25-31-26-51-40(4,5)52-31/h9-14,21-23,31H,15-20,24-27H2,1-8H3/b13-9+/t31-/m1/s1. The summed E-state index contributed by atoms with van der Waals surface area (Å²) in [6.07, 6.45) is 7.12. The van der Waals surface area contributed by atoms with Crippen molar-refractivity contribution in [3.63, 3.8) is 0 Å². The number of ether oxygens (including phenoxy) is 4. The second kappa shape index (κ2) is 16.0. The molecule has 2 aromatic heterocycles. The quantitative estimate of drug-likeness (QED) is 0.106. The van der Waals surface area contributed by atoms with E-state index in [4.69, 9.17) is 24.0 Å². The molecule has 54 heavy (non-hydrogen) atoms. The first-order chi connectivity index (χ1) is 25.4. The van der Waals surface area contributed by atoms with Crippen LogP contribution in [0.15, 0.2) is 42.7 Å². The maximum Gasteiger partial charge on any atom is 0.410 e. The van der Waals surface area contributed by atoms with Gasteiger partial charge in [-0.1, -0.05) is 37.8 Å². The fourth-order valence-electron chi connectivity index (χ4n) is 6.52. The third kappa shape index (κ3) is 10.2. The first-order valence-corrected chi connectivity index (χ1v) is 22.4. The zero-order chi connectivity index (χ0) is 38.8. The number of rotatable bonds is 12. The molecule has 2 aliphatic heterocycles. The van der Waals surface area contributed by atoms with E-state index in [1.54, 1.807) is 29.3 Å². The summed E-state index contributed by atoms with van der Waals surface area (Å²) >= 11 is 0. The highest BCUT2D eigenvalue weighted by Crippen LogP contribution is 2.32. The number of carbonyl (C=O) groups is 1. The Bertz CT molecular complexity index is 1970. The van der Waals surface area contributed by atoms with Crippen LogP contribution in [-0.2, 0) is 38.8 Å². The van der Waals surface area contributed by atoms with Gasteiger partial charge in [0.25, 0.3) is 0 Å². The molecule has 2 aliphatic rings. The molecule has 0 spiro atoms. The Labute approximate surface area is 317 Å². The van der Waals surface area contributed by atoms with Crippen LogP contribution in [0.25, 0.3) is 34.2 Å². The molecule has 292 valence electrons. The summed E-state index contributed by atoms with van der Waals surface area (Å²) in [7, 11) is -1.27. The number of piperazine rings is 1. The molecule has 2 aromatic carbocycles. The van der Waals surface area contributed by atoms with Crippen molar-refractivity contribution in [2.24, 2.45) is 0 Å². The van der Waals surface area contributed by atoms with Crippen LogP contribution in [0.5, 0.6) is 0 Å². The number of halogens is 2. The van der Waals surface area contributed by atoms with Gasteiger partial charge in [-0.2, -0.15) is 10.2 Å². The summed E-state index contributed by atoms with van der Waals surface area (Å²) in [4.78, 5) is 16.1. The summed E-state index contributed by atoms with van der Waals surface area (Å²) in [6, 6.07) is 9.86. The summed E-state index contributed by atoms with van der Waals surface area (Å²) < 4.78 is 58.3. The van der Waals surface area contributed by atoms with E-state index in [0.29, 0.717) is 57.2 Å². The van der Waals surface area contributed by atoms with Crippen molar-refractivity contribution in [2.45, 2.75) is 97.6 Å². The highest BCUT2D eigenvalue weighted by Gasteiger charge is 2.33. The molecule has 0 N–H and O–H groups in total. The number of amides is 1. The summed E-state index contributed by atoms with van der Waals surface area (Å²) in [5.41, 5.74) is 2.78. The molecule has 0 radical (unpaired) electrons. The van der Waals surface area contributed by atoms with Crippen LogP contribution in [0.4, 0.5) is 13.6 Å². The summed E-state index contributed by atoms with van der Waals surface area (Å²) in [5.74, 6) is -2.37. The van der Waals surface area contributed by atoms with Gasteiger partial charge in [0.1, 0.15) is 18.4 Å². The van der Waals surface area contributed by atoms with Crippen molar-refractivity contribution in [3.8, 4) is 11.1 Å². The van der Waals surface area contributed by atoms with E-state index >= 15 is 8.78 Å². The van der Waals surface area contributed by atoms with E-state index in [-0.39, 0.29) is 36.6 Å². The molecule has 4 aromatic rings. The number of nitrogens with zero attached hydrogens (tertiary/aromatic N) is 6. The highest BCUT2D eigenvalue weighted by atomic mass is 28.3. The molecule has 14 heteroatoms. The largest absolute Gasteiger partial charge is 0.444 e. The lowest BCUT2D eigenvalue weighted by Crippen LogP contribution is -2.49. The molecule has 1 atom stereocenters. The number of carbonyl (C=O) groups excluding carboxylic acids is 1. The Morgan fingerprint density at radius 1 is 1.06 bits per heavy atom. The molecule has 4 heterocycles. The van der Waals surface area contributed by atoms with Crippen LogP contribution in [0.1, 0.15) is 51.4 Å². The monoisotopic (exact) mass is 764 g/mol. The second-order valence-electron chi connectivity index (χ2n) is 16.9. The Morgan fingerprint density at radius 2 is 1.81 bits per heavy atom. The maximum absolute atomic E-state index is 15.9. The molecule has 0 unspecified atom stereocenters. The molecule has 6 rings (SSSR count). The molecule has 0 saturated carbocycles. The van der Waals surface area contributed by atoms with Gasteiger partial charge in [-0.15, -0.1) is 0 Å². The number of hydrogen-bond donors (Lipinski definition) is 0. The minimum absolute atomic E-state index is 0.0865. The van der Waals surface area contributed by atoms with Crippen LogP contribution in [0.2, 0.25) is 25.7 Å². The Hall–Kier alpha value is -3.95. The van der Waals surface area contributed by atoms with Crippen LogP contribution in [0, 0.1) is 11.6 Å². The Kier molecular flexibility index (Phi) is 11.8. The van der Waals surface area contributed by atoms with Gasteiger partial charge in [0.05, 0.1) is 30.6 Å². The van der Waals surface area contributed by atoms with Gasteiger partial charge in [0.15, 0.2) is 17.4 Å². The summed E-state index contributed by atoms with van der Waals surface area (Å²) in [5, 5.41) is 10.2. The van der Waals surface area contributed by atoms with Gasteiger partial charge in [-0.25, -0.2) is 18.3 Å². The second-order valence-corrected chi connectivity index (χ2v) is 22.5. The number of hydrogen-bond acceptors (Lipinski definition) is 8. The topological polar surface area (TPSA) is 96.1 Å². The van der Waals surface area contributed by atoms with Crippen molar-refractivity contribution < 1.29 is 32.5 Å². The normalized spacial score (nSPS) is 18.3. The van der Waals surface area contributed by atoms with Crippen LogP contribution < -0.4 is 0 Å². The lowest BCUT2D eigenvalue weighted by molar-refractivity contribution is -0.139. The molecular formula is C40H54F2N6O5Si. The number of fused-ring (bicyclic) bond motifs is 1. The van der Waals surface area contributed by atoms with Gasteiger partial charge in [0.2, 0.25) is 0 Å². The van der Waals surface area contributed by atoms with E-state index in [9.17, 15) is 4.79 Å². The van der Waals surface area contributed by atoms with E-state index in [0.717, 1.165) is 22.5 Å². The minimum Gasteiger partial charge on any atom is -0.444 e. The predicted octanol–water partition coefficient (Wildman–Crippen LogP) is 7.86. The SMILES string of the molecule is CC(C)(C)OC(=O)N1CCN(Cc2ccc(-c3ccc4c(c3)c(/C=C/c3cnn(C[C@@H]5COC(C)(C)O5)c3)nn4COCC[Si](C)(C)C)c(F)c2F)CC1. The van der Waals surface area contributed by atoms with Gasteiger partial charge < -0.3 is 23.8 Å². The fraction of sp³-hybridized carbons (Fsp3) is 0.525. The van der Waals surface area contributed by atoms with Crippen molar-refractivity contribution in [1.82, 2.24) is 29.4 Å². The molecule has 2 saturated heterocycles. The average molecular weight is 765 g/mol. The lowest BCUT2D eigenvalue weighted by Gasteiger charge is -2.35. The molecular weight excluding hydrogens is 711 g/mol. The molecule has 1 amide bonds. The predicted molar refractivity (Wildman–Crippen MR) is 208 cm³/mol. The first kappa shape index (κ1) is 39.7. The summed E-state index contributed by atoms with van der Waals surface area (Å²) in [6.45, 7) is 20.4. The Morgan fingerprint density at radius 3 is 2.50 bits per heavy atom. The lowest BCUT2D eigenvalue weighted by atomic mass is 10.00. The third-order valence-corrected chi connectivity index (χ3v) is 11.1. The third-order valence-electron chi connectivity index (χ3n) is 9.43. The van der Waals surface area contributed by atoms with Crippen LogP contribution in [-0.4, -0.2) is 100 Å². The fourth-order valence-corrected chi connectivity index (χ4v) is 7.27. The van der Waals surface area contributed by atoms with E-state index in [2.05, 4.69) is 24.7 Å². The van der Waals surface area contributed by atoms with Crippen LogP contribution >= 0.6 is 0 Å². The first-order valence-electron chi connectivity index (χ1n) is 18.7. The zero-order valence-electron chi connectivity index (χ0n) is 32.8. The van der Waals surface area contributed by atoms with Gasteiger partial charge in [-0.3, -0.25) is 9.58 Å². The number of benzene rings is 2. The molecule has 11 nitrogen and oxygen atoms in total. The van der Waals surface area contributed by atoms with Crippen molar-refractivity contribution in [2.75, 3.05) is 39.4 Å². The van der Waals surface area contributed by atoms with E-state index in [1.165, 1.54) is 0 Å². The van der Waals surface area contributed by atoms with E-state index in [1.807, 2.05) is 79.4 Å². The smallest absolute Gasteiger partial charge is 0.410 e.